The monoisotopic (exact) mass is 409 g/mol. The summed E-state index contributed by atoms with van der Waals surface area (Å²) in [6.45, 7) is 1.85. The molecule has 1 fully saturated rings. The van der Waals surface area contributed by atoms with E-state index >= 15 is 0 Å². The summed E-state index contributed by atoms with van der Waals surface area (Å²) in [5.41, 5.74) is 1.58. The highest BCUT2D eigenvalue weighted by Crippen LogP contribution is 2.33. The summed E-state index contributed by atoms with van der Waals surface area (Å²) >= 11 is 0. The van der Waals surface area contributed by atoms with E-state index < -0.39 is 0 Å². The van der Waals surface area contributed by atoms with Crippen molar-refractivity contribution in [3.63, 3.8) is 0 Å². The summed E-state index contributed by atoms with van der Waals surface area (Å²) in [7, 11) is 0. The Morgan fingerprint density at radius 1 is 0.767 bits per heavy atom. The molecule has 9 nitrogen and oxygen atoms in total. The highest BCUT2D eigenvalue weighted by atomic mass is 16.7. The lowest BCUT2D eigenvalue weighted by Crippen LogP contribution is -2.50. The number of nitrogens with one attached hydrogen (secondary N) is 1. The van der Waals surface area contributed by atoms with Crippen LogP contribution in [0.5, 0.6) is 17.2 Å². The van der Waals surface area contributed by atoms with E-state index in [4.69, 9.17) is 14.2 Å². The van der Waals surface area contributed by atoms with E-state index in [0.29, 0.717) is 60.2 Å². The molecule has 0 aromatic heterocycles. The molecule has 1 saturated heterocycles. The van der Waals surface area contributed by atoms with Crippen LogP contribution in [0.1, 0.15) is 20.7 Å². The van der Waals surface area contributed by atoms with Crippen molar-refractivity contribution in [2.75, 3.05) is 44.9 Å². The zero-order valence-electron chi connectivity index (χ0n) is 16.1. The number of anilines is 1. The lowest BCUT2D eigenvalue weighted by atomic mass is 10.1. The lowest BCUT2D eigenvalue weighted by molar-refractivity contribution is -0.118. The molecule has 30 heavy (non-hydrogen) atoms. The maximum Gasteiger partial charge on any atom is 0.262 e. The fourth-order valence-corrected chi connectivity index (χ4v) is 3.71. The molecule has 0 saturated carbocycles. The number of nitrogens with zero attached hydrogens (tertiary/aromatic N) is 2. The number of ether oxygens (including phenoxy) is 3. The van der Waals surface area contributed by atoms with Crippen molar-refractivity contribution in [1.29, 1.82) is 0 Å². The second-order valence-electron chi connectivity index (χ2n) is 7.20. The molecule has 0 atom stereocenters. The predicted molar refractivity (Wildman–Crippen MR) is 105 cm³/mol. The molecule has 3 aliphatic rings. The largest absolute Gasteiger partial charge is 0.482 e. The molecule has 0 unspecified atom stereocenters. The van der Waals surface area contributed by atoms with Crippen LogP contribution in [0.2, 0.25) is 0 Å². The third kappa shape index (κ3) is 3.28. The van der Waals surface area contributed by atoms with Crippen molar-refractivity contribution in [2.24, 2.45) is 0 Å². The van der Waals surface area contributed by atoms with E-state index in [2.05, 4.69) is 5.32 Å². The van der Waals surface area contributed by atoms with E-state index in [0.717, 1.165) is 0 Å². The maximum atomic E-state index is 12.9. The van der Waals surface area contributed by atoms with Gasteiger partial charge in [0.15, 0.2) is 18.1 Å². The van der Waals surface area contributed by atoms with E-state index in [1.807, 2.05) is 0 Å². The van der Waals surface area contributed by atoms with Gasteiger partial charge >= 0.3 is 0 Å². The molecule has 5 rings (SSSR count). The number of hydrogen-bond donors (Lipinski definition) is 1. The van der Waals surface area contributed by atoms with Gasteiger partial charge in [-0.15, -0.1) is 0 Å². The molecule has 3 amide bonds. The predicted octanol–water partition coefficient (Wildman–Crippen LogP) is 1.34. The molecule has 0 bridgehead atoms. The van der Waals surface area contributed by atoms with Crippen LogP contribution in [-0.2, 0) is 4.79 Å². The molecule has 1 N–H and O–H groups in total. The summed E-state index contributed by atoms with van der Waals surface area (Å²) < 4.78 is 16.0. The highest BCUT2D eigenvalue weighted by Gasteiger charge is 2.27. The topological polar surface area (TPSA) is 97.4 Å². The Hall–Kier alpha value is -3.75. The Balaban J connectivity index is 1.23. The fraction of sp³-hybridized carbons (Fsp3) is 0.286. The third-order valence-electron chi connectivity index (χ3n) is 5.34. The zero-order valence-corrected chi connectivity index (χ0v) is 16.1. The number of benzene rings is 2. The second kappa shape index (κ2) is 7.25. The molecular formula is C21H19N3O6. The smallest absolute Gasteiger partial charge is 0.262 e. The van der Waals surface area contributed by atoms with Crippen LogP contribution in [0.3, 0.4) is 0 Å². The first-order valence-corrected chi connectivity index (χ1v) is 9.63. The van der Waals surface area contributed by atoms with Gasteiger partial charge in [-0.05, 0) is 36.4 Å². The molecule has 3 heterocycles. The van der Waals surface area contributed by atoms with Gasteiger partial charge in [-0.25, -0.2) is 0 Å². The van der Waals surface area contributed by atoms with Gasteiger partial charge in [0.05, 0.1) is 5.69 Å². The van der Waals surface area contributed by atoms with E-state index in [1.165, 1.54) is 0 Å². The Morgan fingerprint density at radius 2 is 1.37 bits per heavy atom. The van der Waals surface area contributed by atoms with E-state index in [9.17, 15) is 14.4 Å². The molecule has 2 aromatic carbocycles. The standard InChI is InChI=1S/C21H19N3O6/c25-19-11-28-17-9-13(1-3-15(17)22-19)20(26)23-5-7-24(8-6-23)21(27)14-2-4-16-18(10-14)30-12-29-16/h1-4,9-10H,5-8,11-12H2,(H,22,25). The summed E-state index contributed by atoms with van der Waals surface area (Å²) in [5, 5.41) is 2.71. The summed E-state index contributed by atoms with van der Waals surface area (Å²) in [4.78, 5) is 40.5. The number of amides is 3. The quantitative estimate of drug-likeness (QED) is 0.804. The van der Waals surface area contributed by atoms with Crippen LogP contribution in [0, 0.1) is 0 Å². The number of rotatable bonds is 2. The molecule has 0 radical (unpaired) electrons. The highest BCUT2D eigenvalue weighted by molar-refractivity contribution is 5.99. The lowest BCUT2D eigenvalue weighted by Gasteiger charge is -2.35. The molecule has 3 aliphatic heterocycles. The Kier molecular flexibility index (Phi) is 4.42. The SMILES string of the molecule is O=C1COc2cc(C(=O)N3CCN(C(=O)c4ccc5c(c4)OCO5)CC3)ccc2N1. The summed E-state index contributed by atoms with van der Waals surface area (Å²) in [6.07, 6.45) is 0. The number of carbonyl (C=O) groups excluding carboxylic acids is 3. The molecule has 9 heteroatoms. The van der Waals surface area contributed by atoms with Crippen molar-refractivity contribution >= 4 is 23.4 Å². The van der Waals surface area contributed by atoms with E-state index in [1.54, 1.807) is 46.2 Å². The van der Waals surface area contributed by atoms with Crippen LogP contribution in [-0.4, -0.2) is 67.1 Å². The zero-order chi connectivity index (χ0) is 20.7. The maximum absolute atomic E-state index is 12.9. The first kappa shape index (κ1) is 18.3. The van der Waals surface area contributed by atoms with Gasteiger partial charge < -0.3 is 29.3 Å². The number of hydrogen-bond acceptors (Lipinski definition) is 6. The molecule has 0 aliphatic carbocycles. The number of piperazine rings is 1. The van der Waals surface area contributed by atoms with Gasteiger partial charge in [0.25, 0.3) is 17.7 Å². The van der Waals surface area contributed by atoms with Crippen LogP contribution in [0.4, 0.5) is 5.69 Å². The molecule has 154 valence electrons. The molecular weight excluding hydrogens is 390 g/mol. The van der Waals surface area contributed by atoms with Crippen molar-refractivity contribution in [1.82, 2.24) is 9.80 Å². The average Bonchev–Trinajstić information content (AvgIpc) is 3.26. The van der Waals surface area contributed by atoms with Crippen LogP contribution in [0.25, 0.3) is 0 Å². The Morgan fingerprint density at radius 3 is 2.07 bits per heavy atom. The molecule has 0 spiro atoms. The van der Waals surface area contributed by atoms with Gasteiger partial charge in [0.2, 0.25) is 6.79 Å². The minimum absolute atomic E-state index is 0.0642. The first-order valence-electron chi connectivity index (χ1n) is 9.63. The summed E-state index contributed by atoms with van der Waals surface area (Å²) in [5.74, 6) is 1.24. The van der Waals surface area contributed by atoms with Crippen LogP contribution in [0.15, 0.2) is 36.4 Å². The van der Waals surface area contributed by atoms with Crippen molar-refractivity contribution in [3.8, 4) is 17.2 Å². The minimum atomic E-state index is -0.218. The summed E-state index contributed by atoms with van der Waals surface area (Å²) in [6, 6.07) is 10.1. The van der Waals surface area contributed by atoms with Gasteiger partial charge in [0.1, 0.15) is 5.75 Å². The normalized spacial score (nSPS) is 17.1. The van der Waals surface area contributed by atoms with Crippen molar-refractivity contribution in [2.45, 2.75) is 0 Å². The second-order valence-corrected chi connectivity index (χ2v) is 7.20. The number of fused-ring (bicyclic) bond motifs is 2. The average molecular weight is 409 g/mol. The minimum Gasteiger partial charge on any atom is -0.482 e. The Labute approximate surface area is 172 Å². The Bertz CT molecular complexity index is 1050. The van der Waals surface area contributed by atoms with Crippen molar-refractivity contribution < 1.29 is 28.6 Å². The third-order valence-corrected chi connectivity index (χ3v) is 5.34. The van der Waals surface area contributed by atoms with Gasteiger partial charge in [0, 0.05) is 37.3 Å². The van der Waals surface area contributed by atoms with Gasteiger partial charge in [-0.2, -0.15) is 0 Å². The number of carbonyl (C=O) groups is 3. The molecule has 2 aromatic rings. The van der Waals surface area contributed by atoms with Crippen LogP contribution >= 0.6 is 0 Å². The van der Waals surface area contributed by atoms with Gasteiger partial charge in [-0.3, -0.25) is 14.4 Å². The van der Waals surface area contributed by atoms with Gasteiger partial charge in [-0.1, -0.05) is 0 Å². The van der Waals surface area contributed by atoms with Crippen LogP contribution < -0.4 is 19.5 Å². The first-order chi connectivity index (χ1) is 14.6. The van der Waals surface area contributed by atoms with E-state index in [-0.39, 0.29) is 31.1 Å². The van der Waals surface area contributed by atoms with Crippen molar-refractivity contribution in [3.05, 3.63) is 47.5 Å². The fourth-order valence-electron chi connectivity index (χ4n) is 3.71.